The maximum atomic E-state index is 13.3. The lowest BCUT2D eigenvalue weighted by molar-refractivity contribution is -0.356. The third-order valence-electron chi connectivity index (χ3n) is 2.89. The van der Waals surface area contributed by atoms with Crippen molar-refractivity contribution in [3.05, 3.63) is 0 Å². The molecule has 0 fully saturated rings. The smallest absolute Gasteiger partial charge is 0.297 e. The molecule has 0 aromatic rings. The summed E-state index contributed by atoms with van der Waals surface area (Å²) >= 11 is 0. The predicted molar refractivity (Wildman–Crippen MR) is 62.2 cm³/mol. The lowest BCUT2D eigenvalue weighted by Gasteiger charge is -2.32. The van der Waals surface area contributed by atoms with Crippen LogP contribution in [0.3, 0.4) is 0 Å². The first-order chi connectivity index (χ1) is 8.99. The van der Waals surface area contributed by atoms with Crippen LogP contribution in [0.5, 0.6) is 0 Å². The molecule has 8 heteroatoms. The number of hydrogen-bond donors (Lipinski definition) is 0. The second-order valence-electron chi connectivity index (χ2n) is 4.76. The summed E-state index contributed by atoms with van der Waals surface area (Å²) in [6, 6.07) is 0. The lowest BCUT2D eigenvalue weighted by atomic mass is 10.1. The molecule has 0 aliphatic rings. The highest BCUT2D eigenvalue weighted by atomic mass is 19.4. The van der Waals surface area contributed by atoms with Gasteiger partial charge in [0.15, 0.2) is 0 Å². The normalized spacial score (nSPS) is 14.1. The van der Waals surface area contributed by atoms with Crippen molar-refractivity contribution in [2.75, 3.05) is 19.6 Å². The van der Waals surface area contributed by atoms with Gasteiger partial charge in [0.25, 0.3) is 0 Å². The number of unbranched alkanes of at least 4 members (excludes halogenated alkanes) is 2. The van der Waals surface area contributed by atoms with Crippen molar-refractivity contribution in [3.63, 3.8) is 0 Å². The molecule has 0 unspecified atom stereocenters. The molecule has 122 valence electrons. The average Bonchev–Trinajstić information content (AvgIpc) is 2.30. The number of alkyl halides is 7. The first-order valence-electron chi connectivity index (χ1n) is 6.54. The fourth-order valence-corrected chi connectivity index (χ4v) is 1.62. The quantitative estimate of drug-likeness (QED) is 0.557. The number of nitrogens with zero attached hydrogens (tertiary/aromatic N) is 1. The van der Waals surface area contributed by atoms with Gasteiger partial charge in [-0.1, -0.05) is 26.7 Å². The molecule has 0 aromatic carbocycles. The third-order valence-corrected chi connectivity index (χ3v) is 2.89. The van der Waals surface area contributed by atoms with E-state index in [-0.39, 0.29) is 13.1 Å². The maximum Gasteiger partial charge on any atom is 0.459 e. The Labute approximate surface area is 114 Å². The van der Waals surface area contributed by atoms with E-state index in [1.807, 2.05) is 0 Å². The molecule has 0 radical (unpaired) electrons. The van der Waals surface area contributed by atoms with Crippen LogP contribution in [0.15, 0.2) is 0 Å². The van der Waals surface area contributed by atoms with Crippen LogP contribution in [-0.2, 0) is 0 Å². The molecule has 0 rings (SSSR count). The molecule has 0 aromatic heterocycles. The Hall–Kier alpha value is -0.530. The molecule has 0 spiro atoms. The van der Waals surface area contributed by atoms with Crippen molar-refractivity contribution in [1.29, 1.82) is 0 Å². The second-order valence-corrected chi connectivity index (χ2v) is 4.76. The first kappa shape index (κ1) is 19.5. The van der Waals surface area contributed by atoms with E-state index in [9.17, 15) is 30.7 Å². The zero-order chi connectivity index (χ0) is 16.0. The molecule has 0 saturated heterocycles. The summed E-state index contributed by atoms with van der Waals surface area (Å²) in [4.78, 5) is 0.979. The summed E-state index contributed by atoms with van der Waals surface area (Å²) in [5.74, 6) is -11.1. The minimum absolute atomic E-state index is 0.0834. The van der Waals surface area contributed by atoms with Gasteiger partial charge in [0, 0.05) is 0 Å². The van der Waals surface area contributed by atoms with Crippen LogP contribution in [0.25, 0.3) is 0 Å². The number of rotatable bonds is 9. The van der Waals surface area contributed by atoms with E-state index in [1.54, 1.807) is 13.8 Å². The number of hydrogen-bond acceptors (Lipinski definition) is 1. The summed E-state index contributed by atoms with van der Waals surface area (Å²) in [5, 5.41) is 0. The second kappa shape index (κ2) is 7.47. The molecular weight excluding hydrogens is 291 g/mol. The Balaban J connectivity index is 4.88. The fourth-order valence-electron chi connectivity index (χ4n) is 1.62. The third kappa shape index (κ3) is 5.10. The molecule has 0 N–H and O–H groups in total. The van der Waals surface area contributed by atoms with E-state index >= 15 is 0 Å². The van der Waals surface area contributed by atoms with Crippen LogP contribution in [0.1, 0.15) is 39.5 Å². The van der Waals surface area contributed by atoms with Crippen molar-refractivity contribution in [2.45, 2.75) is 57.6 Å². The molecular formula is C12H20F7N. The van der Waals surface area contributed by atoms with Crippen molar-refractivity contribution in [2.24, 2.45) is 0 Å². The predicted octanol–water partition coefficient (Wildman–Crippen LogP) is 4.72. The molecule has 1 nitrogen and oxygen atoms in total. The van der Waals surface area contributed by atoms with E-state index < -0.39 is 24.6 Å². The molecule has 0 amide bonds. The van der Waals surface area contributed by atoms with E-state index in [4.69, 9.17) is 0 Å². The van der Waals surface area contributed by atoms with E-state index in [0.29, 0.717) is 25.7 Å². The Morgan fingerprint density at radius 1 is 0.750 bits per heavy atom. The topological polar surface area (TPSA) is 3.24 Å². The van der Waals surface area contributed by atoms with Crippen molar-refractivity contribution < 1.29 is 30.7 Å². The molecule has 0 atom stereocenters. The molecule has 20 heavy (non-hydrogen) atoms. The van der Waals surface area contributed by atoms with Gasteiger partial charge in [0.2, 0.25) is 0 Å². The average molecular weight is 311 g/mol. The van der Waals surface area contributed by atoms with Gasteiger partial charge in [0.05, 0.1) is 6.54 Å². The molecule has 0 bridgehead atoms. The molecule has 0 aliphatic carbocycles. The Kier molecular flexibility index (Phi) is 7.27. The van der Waals surface area contributed by atoms with Gasteiger partial charge in [0.1, 0.15) is 0 Å². The minimum Gasteiger partial charge on any atom is -0.297 e. The Morgan fingerprint density at radius 3 is 1.45 bits per heavy atom. The van der Waals surface area contributed by atoms with Gasteiger partial charge in [-0.15, -0.1) is 0 Å². The lowest BCUT2D eigenvalue weighted by Crippen LogP contribution is -2.57. The molecule has 0 saturated carbocycles. The summed E-state index contributed by atoms with van der Waals surface area (Å²) in [5.41, 5.74) is 0. The zero-order valence-electron chi connectivity index (χ0n) is 11.5. The first-order valence-corrected chi connectivity index (χ1v) is 6.54. The maximum absolute atomic E-state index is 13.3. The van der Waals surface area contributed by atoms with Crippen LogP contribution >= 0.6 is 0 Å². The van der Waals surface area contributed by atoms with Gasteiger partial charge in [-0.2, -0.15) is 30.7 Å². The van der Waals surface area contributed by atoms with Gasteiger partial charge in [-0.3, -0.25) is 4.90 Å². The van der Waals surface area contributed by atoms with Gasteiger partial charge < -0.3 is 0 Å². The Bertz CT molecular complexity index is 267. The van der Waals surface area contributed by atoms with Crippen LogP contribution in [0.2, 0.25) is 0 Å². The largest absolute Gasteiger partial charge is 0.459 e. The monoisotopic (exact) mass is 311 g/mol. The van der Waals surface area contributed by atoms with Gasteiger partial charge >= 0.3 is 18.0 Å². The fraction of sp³-hybridized carbons (Fsp3) is 1.00. The van der Waals surface area contributed by atoms with E-state index in [1.165, 1.54) is 0 Å². The summed E-state index contributed by atoms with van der Waals surface area (Å²) in [6.45, 7) is 2.14. The SMILES string of the molecule is CCCCN(CCCC)CC(F)(F)C(F)(F)C(F)(F)F. The van der Waals surface area contributed by atoms with Crippen LogP contribution in [-0.4, -0.2) is 42.6 Å². The van der Waals surface area contributed by atoms with Crippen LogP contribution in [0.4, 0.5) is 30.7 Å². The van der Waals surface area contributed by atoms with Crippen LogP contribution < -0.4 is 0 Å². The Morgan fingerprint density at radius 2 is 1.15 bits per heavy atom. The van der Waals surface area contributed by atoms with Crippen LogP contribution in [0, 0.1) is 0 Å². The van der Waals surface area contributed by atoms with E-state index in [2.05, 4.69) is 0 Å². The standard InChI is InChI=1S/C12H20F7N/c1-3-5-7-20(8-6-4-2)9-10(13,14)11(15,16)12(17,18)19/h3-9H2,1-2H3. The summed E-state index contributed by atoms with van der Waals surface area (Å²) in [7, 11) is 0. The summed E-state index contributed by atoms with van der Waals surface area (Å²) < 4.78 is 88.3. The van der Waals surface area contributed by atoms with Gasteiger partial charge in [-0.05, 0) is 25.9 Å². The summed E-state index contributed by atoms with van der Waals surface area (Å²) in [6.07, 6.45) is -4.03. The van der Waals surface area contributed by atoms with Crippen molar-refractivity contribution in [1.82, 2.24) is 4.90 Å². The van der Waals surface area contributed by atoms with Crippen molar-refractivity contribution in [3.8, 4) is 0 Å². The zero-order valence-corrected chi connectivity index (χ0v) is 11.5. The number of halogens is 7. The molecule has 0 heterocycles. The highest BCUT2D eigenvalue weighted by Crippen LogP contribution is 2.46. The highest BCUT2D eigenvalue weighted by molar-refractivity contribution is 4.93. The highest BCUT2D eigenvalue weighted by Gasteiger charge is 2.72. The van der Waals surface area contributed by atoms with E-state index in [0.717, 1.165) is 4.90 Å². The minimum atomic E-state index is -6.25. The van der Waals surface area contributed by atoms with Crippen molar-refractivity contribution >= 4 is 0 Å². The molecule has 0 aliphatic heterocycles. The van der Waals surface area contributed by atoms with Gasteiger partial charge in [-0.25, -0.2) is 0 Å².